The monoisotopic (exact) mass is 420 g/mol. The molecule has 0 radical (unpaired) electrons. The first-order valence-electron chi connectivity index (χ1n) is 7.81. The number of benzene rings is 2. The molecule has 0 aliphatic rings. The van der Waals surface area contributed by atoms with E-state index in [4.69, 9.17) is 27.9 Å². The Bertz CT molecular complexity index is 1130. The van der Waals surface area contributed by atoms with Crippen LogP contribution in [0.3, 0.4) is 0 Å². The molecule has 0 unspecified atom stereocenters. The van der Waals surface area contributed by atoms with E-state index >= 15 is 0 Å². The van der Waals surface area contributed by atoms with Crippen molar-refractivity contribution in [2.75, 3.05) is 7.11 Å². The van der Waals surface area contributed by atoms with Crippen molar-refractivity contribution in [1.29, 1.82) is 0 Å². The van der Waals surface area contributed by atoms with Gasteiger partial charge in [-0.1, -0.05) is 40.6 Å². The van der Waals surface area contributed by atoms with E-state index in [0.29, 0.717) is 21.9 Å². The summed E-state index contributed by atoms with van der Waals surface area (Å²) in [4.78, 5) is 29.1. The first-order chi connectivity index (χ1) is 12.9. The lowest BCUT2D eigenvalue weighted by atomic mass is 10.2. The molecule has 1 amide bonds. The molecule has 8 heteroatoms. The van der Waals surface area contributed by atoms with Crippen molar-refractivity contribution in [3.8, 4) is 0 Å². The van der Waals surface area contributed by atoms with Crippen molar-refractivity contribution in [3.63, 3.8) is 0 Å². The summed E-state index contributed by atoms with van der Waals surface area (Å²) < 4.78 is 7.39. The number of rotatable bonds is 4. The van der Waals surface area contributed by atoms with Crippen molar-refractivity contribution in [3.05, 3.63) is 75.0 Å². The SMILES string of the molecule is C=CCn1c(=NC(=O)c2cc(Cl)ccc2Cl)sc2cc(C(=O)OC)ccc21. The lowest BCUT2D eigenvalue weighted by Crippen LogP contribution is -2.16. The number of esters is 1. The molecular formula is C19H14Cl2N2O3S. The number of hydrogen-bond acceptors (Lipinski definition) is 4. The van der Waals surface area contributed by atoms with Gasteiger partial charge in [0.05, 0.1) is 33.5 Å². The molecule has 3 rings (SSSR count). The second kappa shape index (κ2) is 8.08. The van der Waals surface area contributed by atoms with Crippen LogP contribution >= 0.6 is 34.5 Å². The molecule has 0 saturated carbocycles. The summed E-state index contributed by atoms with van der Waals surface area (Å²) in [5.41, 5.74) is 1.48. The molecule has 5 nitrogen and oxygen atoms in total. The van der Waals surface area contributed by atoms with E-state index in [1.807, 2.05) is 4.57 Å². The minimum atomic E-state index is -0.500. The molecule has 0 aliphatic carbocycles. The molecule has 0 spiro atoms. The van der Waals surface area contributed by atoms with Crippen LogP contribution in [0.5, 0.6) is 0 Å². The summed E-state index contributed by atoms with van der Waals surface area (Å²) in [6.07, 6.45) is 1.70. The topological polar surface area (TPSA) is 60.7 Å². The summed E-state index contributed by atoms with van der Waals surface area (Å²) in [6.45, 7) is 4.20. The number of aromatic nitrogens is 1. The van der Waals surface area contributed by atoms with E-state index in [1.54, 1.807) is 36.4 Å². The van der Waals surface area contributed by atoms with E-state index < -0.39 is 11.9 Å². The molecule has 0 atom stereocenters. The van der Waals surface area contributed by atoms with Gasteiger partial charge in [0, 0.05) is 11.6 Å². The third-order valence-corrected chi connectivity index (χ3v) is 5.38. The molecule has 138 valence electrons. The fourth-order valence-electron chi connectivity index (χ4n) is 2.52. The van der Waals surface area contributed by atoms with Crippen LogP contribution in [0.1, 0.15) is 20.7 Å². The van der Waals surface area contributed by atoms with Crippen molar-refractivity contribution in [2.45, 2.75) is 6.54 Å². The highest BCUT2D eigenvalue weighted by Gasteiger charge is 2.14. The van der Waals surface area contributed by atoms with E-state index in [9.17, 15) is 9.59 Å². The molecule has 0 saturated heterocycles. The van der Waals surface area contributed by atoms with E-state index in [2.05, 4.69) is 11.6 Å². The number of methoxy groups -OCH3 is 1. The van der Waals surface area contributed by atoms with Crippen LogP contribution in [-0.4, -0.2) is 23.6 Å². The number of hydrogen-bond donors (Lipinski definition) is 0. The molecule has 1 heterocycles. The zero-order chi connectivity index (χ0) is 19.6. The number of carbonyl (C=O) groups excluding carboxylic acids is 2. The third kappa shape index (κ3) is 3.98. The van der Waals surface area contributed by atoms with Crippen LogP contribution in [0.4, 0.5) is 0 Å². The third-order valence-electron chi connectivity index (χ3n) is 3.77. The summed E-state index contributed by atoms with van der Waals surface area (Å²) >= 11 is 13.3. The Morgan fingerprint density at radius 1 is 1.26 bits per heavy atom. The molecule has 0 fully saturated rings. The van der Waals surface area contributed by atoms with Gasteiger partial charge in [-0.15, -0.1) is 6.58 Å². The summed E-state index contributed by atoms with van der Waals surface area (Å²) in [5.74, 6) is -0.930. The maximum atomic E-state index is 12.6. The Morgan fingerprint density at radius 2 is 2.04 bits per heavy atom. The number of carbonyl (C=O) groups is 2. The highest BCUT2D eigenvalue weighted by Crippen LogP contribution is 2.23. The lowest BCUT2D eigenvalue weighted by molar-refractivity contribution is 0.0601. The second-order valence-corrected chi connectivity index (χ2v) is 7.35. The maximum absolute atomic E-state index is 12.6. The maximum Gasteiger partial charge on any atom is 0.337 e. The molecule has 27 heavy (non-hydrogen) atoms. The molecule has 0 N–H and O–H groups in total. The second-order valence-electron chi connectivity index (χ2n) is 5.50. The molecule has 3 aromatic rings. The number of amides is 1. The van der Waals surface area contributed by atoms with E-state index in [-0.39, 0.29) is 10.6 Å². The Hall–Kier alpha value is -2.41. The predicted octanol–water partition coefficient (Wildman–Crippen LogP) is 4.72. The Morgan fingerprint density at radius 3 is 2.74 bits per heavy atom. The molecular weight excluding hydrogens is 407 g/mol. The van der Waals surface area contributed by atoms with Gasteiger partial charge >= 0.3 is 5.97 Å². The molecule has 2 aromatic carbocycles. The van der Waals surface area contributed by atoms with Crippen LogP contribution in [0.25, 0.3) is 10.2 Å². The molecule has 0 aliphatic heterocycles. The fourth-order valence-corrected chi connectivity index (χ4v) is 3.96. The average Bonchev–Trinajstić information content (AvgIpc) is 2.99. The largest absolute Gasteiger partial charge is 0.465 e. The van der Waals surface area contributed by atoms with Gasteiger partial charge < -0.3 is 9.30 Å². The highest BCUT2D eigenvalue weighted by atomic mass is 35.5. The van der Waals surface area contributed by atoms with E-state index in [1.165, 1.54) is 24.5 Å². The number of nitrogens with zero attached hydrogens (tertiary/aromatic N) is 2. The zero-order valence-electron chi connectivity index (χ0n) is 14.2. The predicted molar refractivity (Wildman–Crippen MR) is 108 cm³/mol. The van der Waals surface area contributed by atoms with Crippen LogP contribution in [0, 0.1) is 0 Å². The minimum absolute atomic E-state index is 0.224. The highest BCUT2D eigenvalue weighted by molar-refractivity contribution is 7.16. The van der Waals surface area contributed by atoms with Crippen LogP contribution < -0.4 is 4.80 Å². The van der Waals surface area contributed by atoms with Gasteiger partial charge in [-0.05, 0) is 36.4 Å². The first-order valence-corrected chi connectivity index (χ1v) is 9.38. The van der Waals surface area contributed by atoms with Crippen LogP contribution in [0.15, 0.2) is 54.0 Å². The van der Waals surface area contributed by atoms with Crippen molar-refractivity contribution >= 4 is 56.6 Å². The van der Waals surface area contributed by atoms with Gasteiger partial charge in [0.1, 0.15) is 0 Å². The number of halogens is 2. The van der Waals surface area contributed by atoms with Crippen LogP contribution in [0.2, 0.25) is 10.0 Å². The Labute approximate surface area is 169 Å². The summed E-state index contributed by atoms with van der Waals surface area (Å²) in [7, 11) is 1.33. The van der Waals surface area contributed by atoms with Crippen molar-refractivity contribution in [2.24, 2.45) is 4.99 Å². The lowest BCUT2D eigenvalue weighted by Gasteiger charge is -2.03. The van der Waals surface area contributed by atoms with Crippen molar-refractivity contribution in [1.82, 2.24) is 4.57 Å². The van der Waals surface area contributed by atoms with Gasteiger partial charge in [0.15, 0.2) is 4.80 Å². The molecule has 1 aromatic heterocycles. The number of ether oxygens (including phenoxy) is 1. The van der Waals surface area contributed by atoms with Gasteiger partial charge in [0.2, 0.25) is 0 Å². The van der Waals surface area contributed by atoms with Gasteiger partial charge in [0.25, 0.3) is 5.91 Å². The quantitative estimate of drug-likeness (QED) is 0.452. The van der Waals surface area contributed by atoms with Crippen LogP contribution in [-0.2, 0) is 11.3 Å². The van der Waals surface area contributed by atoms with Crippen molar-refractivity contribution < 1.29 is 14.3 Å². The first kappa shape index (κ1) is 19.4. The van der Waals surface area contributed by atoms with Gasteiger partial charge in [-0.2, -0.15) is 4.99 Å². The van der Waals surface area contributed by atoms with Gasteiger partial charge in [-0.25, -0.2) is 4.79 Å². The summed E-state index contributed by atoms with van der Waals surface area (Å²) in [6, 6.07) is 9.80. The smallest absolute Gasteiger partial charge is 0.337 e. The summed E-state index contributed by atoms with van der Waals surface area (Å²) in [5, 5.41) is 0.675. The Balaban J connectivity index is 2.17. The molecule has 0 bridgehead atoms. The van der Waals surface area contributed by atoms with E-state index in [0.717, 1.165) is 10.2 Å². The number of allylic oxidation sites excluding steroid dienone is 1. The standard InChI is InChI=1S/C19H14Cl2N2O3S/c1-3-8-23-15-7-4-11(18(25)26-2)9-16(15)27-19(23)22-17(24)13-10-12(20)5-6-14(13)21/h3-7,9-10H,1,8H2,2H3. The zero-order valence-corrected chi connectivity index (χ0v) is 16.6. The fraction of sp³-hybridized carbons (Fsp3) is 0.105. The number of thiazole rings is 1. The Kier molecular flexibility index (Phi) is 5.79. The average molecular weight is 421 g/mol. The van der Waals surface area contributed by atoms with Gasteiger partial charge in [-0.3, -0.25) is 4.79 Å². The number of fused-ring (bicyclic) bond motifs is 1. The normalized spacial score (nSPS) is 11.6. The minimum Gasteiger partial charge on any atom is -0.465 e.